The SMILES string of the molecule is CCN1C(=O)N(OCc2ccccc2)C2(CC2)CC1c1cc(C2CCN(C(=O)OC(C)(C)C)C2)on1. The Balaban J connectivity index is 1.27. The van der Waals surface area contributed by atoms with Crippen molar-refractivity contribution < 1.29 is 23.7 Å². The molecule has 5 rings (SSSR count). The van der Waals surface area contributed by atoms with Gasteiger partial charge in [-0.05, 0) is 58.9 Å². The highest BCUT2D eigenvalue weighted by atomic mass is 16.7. The molecule has 2 aromatic rings. The third-order valence-electron chi connectivity index (χ3n) is 7.30. The Labute approximate surface area is 212 Å². The molecule has 1 spiro atoms. The van der Waals surface area contributed by atoms with E-state index in [1.807, 2.05) is 69.0 Å². The van der Waals surface area contributed by atoms with Crippen molar-refractivity contribution in [1.29, 1.82) is 0 Å². The molecule has 3 fully saturated rings. The van der Waals surface area contributed by atoms with Crippen LogP contribution in [0.3, 0.4) is 0 Å². The van der Waals surface area contributed by atoms with Crippen LogP contribution >= 0.6 is 0 Å². The van der Waals surface area contributed by atoms with Crippen LogP contribution in [0.25, 0.3) is 0 Å². The normalized spacial score (nSPS) is 23.4. The van der Waals surface area contributed by atoms with Crippen LogP contribution in [0.4, 0.5) is 9.59 Å². The maximum atomic E-state index is 13.5. The van der Waals surface area contributed by atoms with Crippen molar-refractivity contribution in [3.8, 4) is 0 Å². The lowest BCUT2D eigenvalue weighted by Crippen LogP contribution is -2.56. The molecule has 2 unspecified atom stereocenters. The van der Waals surface area contributed by atoms with Gasteiger partial charge < -0.3 is 19.1 Å². The van der Waals surface area contributed by atoms with Gasteiger partial charge >= 0.3 is 12.1 Å². The number of rotatable bonds is 6. The molecule has 2 aliphatic heterocycles. The van der Waals surface area contributed by atoms with Crippen molar-refractivity contribution in [2.75, 3.05) is 19.6 Å². The number of amides is 3. The smallest absolute Gasteiger partial charge is 0.410 e. The number of ether oxygens (including phenoxy) is 1. The van der Waals surface area contributed by atoms with Gasteiger partial charge in [0.15, 0.2) is 0 Å². The maximum absolute atomic E-state index is 13.5. The van der Waals surface area contributed by atoms with E-state index in [0.29, 0.717) is 26.2 Å². The zero-order chi connectivity index (χ0) is 25.5. The fourth-order valence-corrected chi connectivity index (χ4v) is 5.22. The van der Waals surface area contributed by atoms with E-state index in [4.69, 9.17) is 14.1 Å². The average Bonchev–Trinajstić information content (AvgIpc) is 3.24. The van der Waals surface area contributed by atoms with Gasteiger partial charge in [-0.3, -0.25) is 4.84 Å². The maximum Gasteiger partial charge on any atom is 0.410 e. The Kier molecular flexibility index (Phi) is 6.44. The van der Waals surface area contributed by atoms with E-state index in [1.165, 1.54) is 0 Å². The molecule has 2 atom stereocenters. The van der Waals surface area contributed by atoms with Gasteiger partial charge in [-0.1, -0.05) is 35.5 Å². The van der Waals surface area contributed by atoms with Gasteiger partial charge in [0.2, 0.25) is 0 Å². The molecule has 36 heavy (non-hydrogen) atoms. The highest BCUT2D eigenvalue weighted by molar-refractivity contribution is 5.76. The Morgan fingerprint density at radius 1 is 1.22 bits per heavy atom. The molecule has 1 aromatic heterocycles. The summed E-state index contributed by atoms with van der Waals surface area (Å²) in [5.74, 6) is 0.820. The first kappa shape index (κ1) is 24.6. The fraction of sp³-hybridized carbons (Fsp3) is 0.593. The summed E-state index contributed by atoms with van der Waals surface area (Å²) in [7, 11) is 0. The lowest BCUT2D eigenvalue weighted by molar-refractivity contribution is -0.189. The van der Waals surface area contributed by atoms with Crippen molar-refractivity contribution in [1.82, 2.24) is 20.0 Å². The lowest BCUT2D eigenvalue weighted by Gasteiger charge is -2.44. The first-order valence-corrected chi connectivity index (χ1v) is 12.9. The van der Waals surface area contributed by atoms with E-state index in [2.05, 4.69) is 5.16 Å². The number of likely N-dealkylation sites (tertiary alicyclic amines) is 1. The molecule has 3 amide bonds. The number of hydroxylamine groups is 2. The second kappa shape index (κ2) is 9.42. The van der Waals surface area contributed by atoms with Crippen LogP contribution in [0, 0.1) is 0 Å². The summed E-state index contributed by atoms with van der Waals surface area (Å²) < 4.78 is 11.3. The van der Waals surface area contributed by atoms with Crippen molar-refractivity contribution in [3.63, 3.8) is 0 Å². The minimum Gasteiger partial charge on any atom is -0.444 e. The summed E-state index contributed by atoms with van der Waals surface area (Å²) >= 11 is 0. The van der Waals surface area contributed by atoms with E-state index in [-0.39, 0.29) is 29.6 Å². The van der Waals surface area contributed by atoms with Crippen LogP contribution in [0.2, 0.25) is 0 Å². The Bertz CT molecular complexity index is 1090. The van der Waals surface area contributed by atoms with Gasteiger partial charge in [0.25, 0.3) is 0 Å². The molecule has 3 aliphatic rings. The topological polar surface area (TPSA) is 88.4 Å². The van der Waals surface area contributed by atoms with E-state index in [1.54, 1.807) is 9.96 Å². The summed E-state index contributed by atoms with van der Waals surface area (Å²) in [4.78, 5) is 35.6. The number of urea groups is 1. The largest absolute Gasteiger partial charge is 0.444 e. The number of carbonyl (C=O) groups is 2. The number of hydrogen-bond acceptors (Lipinski definition) is 6. The summed E-state index contributed by atoms with van der Waals surface area (Å²) in [5, 5.41) is 6.00. The molecule has 9 heteroatoms. The predicted molar refractivity (Wildman–Crippen MR) is 132 cm³/mol. The van der Waals surface area contributed by atoms with Crippen LogP contribution < -0.4 is 0 Å². The average molecular weight is 497 g/mol. The van der Waals surface area contributed by atoms with E-state index in [9.17, 15) is 9.59 Å². The van der Waals surface area contributed by atoms with Crippen LogP contribution in [0.5, 0.6) is 0 Å². The van der Waals surface area contributed by atoms with Gasteiger partial charge in [0.05, 0.1) is 11.6 Å². The zero-order valence-electron chi connectivity index (χ0n) is 21.6. The molecule has 9 nitrogen and oxygen atoms in total. The molecule has 1 saturated carbocycles. The number of aromatic nitrogens is 1. The van der Waals surface area contributed by atoms with Crippen LogP contribution in [-0.2, 0) is 16.2 Å². The molecule has 0 radical (unpaired) electrons. The van der Waals surface area contributed by atoms with Gasteiger partial charge in [-0.25, -0.2) is 9.59 Å². The molecule has 194 valence electrons. The Morgan fingerprint density at radius 3 is 2.64 bits per heavy atom. The van der Waals surface area contributed by atoms with Gasteiger partial charge in [0, 0.05) is 31.6 Å². The predicted octanol–water partition coefficient (Wildman–Crippen LogP) is 5.25. The number of hydrogen-bond donors (Lipinski definition) is 0. The lowest BCUT2D eigenvalue weighted by atomic mass is 9.96. The van der Waals surface area contributed by atoms with Gasteiger partial charge in [-0.2, -0.15) is 5.06 Å². The van der Waals surface area contributed by atoms with Crippen molar-refractivity contribution in [2.24, 2.45) is 0 Å². The minimum atomic E-state index is -0.525. The van der Waals surface area contributed by atoms with Crippen molar-refractivity contribution in [3.05, 3.63) is 53.4 Å². The van der Waals surface area contributed by atoms with Crippen molar-refractivity contribution in [2.45, 2.75) is 83.1 Å². The van der Waals surface area contributed by atoms with Gasteiger partial charge in [-0.15, -0.1) is 0 Å². The minimum absolute atomic E-state index is 0.0636. The molecule has 0 N–H and O–H groups in total. The number of nitrogens with zero attached hydrogens (tertiary/aromatic N) is 4. The third kappa shape index (κ3) is 4.93. The number of benzene rings is 1. The quantitative estimate of drug-likeness (QED) is 0.543. The van der Waals surface area contributed by atoms with E-state index >= 15 is 0 Å². The molecule has 3 heterocycles. The summed E-state index contributed by atoms with van der Waals surface area (Å²) in [6, 6.07) is 11.6. The molecular formula is C27H36N4O5. The third-order valence-corrected chi connectivity index (χ3v) is 7.30. The first-order valence-electron chi connectivity index (χ1n) is 12.9. The molecule has 1 aromatic carbocycles. The second-order valence-corrected chi connectivity index (χ2v) is 11.1. The van der Waals surface area contributed by atoms with E-state index in [0.717, 1.165) is 42.7 Å². The second-order valence-electron chi connectivity index (χ2n) is 11.1. The van der Waals surface area contributed by atoms with Crippen LogP contribution in [-0.4, -0.2) is 62.9 Å². The molecule has 1 aliphatic carbocycles. The summed E-state index contributed by atoms with van der Waals surface area (Å²) in [5.41, 5.74) is 0.986. The van der Waals surface area contributed by atoms with Crippen LogP contribution in [0.15, 0.2) is 40.9 Å². The monoisotopic (exact) mass is 496 g/mol. The standard InChI is InChI=1S/C27H36N4O5/c1-5-30-22(16-27(12-13-27)31(24(30)32)34-18-19-9-7-6-8-10-19)21-15-23(36-28-21)20-11-14-29(17-20)25(33)35-26(2,3)4/h6-10,15,20,22H,5,11-14,16-18H2,1-4H3. The molecule has 2 saturated heterocycles. The summed E-state index contributed by atoms with van der Waals surface area (Å²) in [6.45, 7) is 9.64. The summed E-state index contributed by atoms with van der Waals surface area (Å²) in [6.07, 6.45) is 3.08. The highest BCUT2D eigenvalue weighted by Crippen LogP contribution is 2.53. The van der Waals surface area contributed by atoms with Crippen LogP contribution in [0.1, 0.15) is 82.4 Å². The highest BCUT2D eigenvalue weighted by Gasteiger charge is 2.58. The van der Waals surface area contributed by atoms with E-state index < -0.39 is 5.60 Å². The molecule has 0 bridgehead atoms. The van der Waals surface area contributed by atoms with Crippen molar-refractivity contribution >= 4 is 12.1 Å². The zero-order valence-corrected chi connectivity index (χ0v) is 21.6. The Morgan fingerprint density at radius 2 is 1.97 bits per heavy atom. The van der Waals surface area contributed by atoms with Gasteiger partial charge in [0.1, 0.15) is 23.7 Å². The number of carbonyl (C=O) groups excluding carboxylic acids is 2. The fourth-order valence-electron chi connectivity index (χ4n) is 5.22. The first-order chi connectivity index (χ1) is 17.2. The Hall–Kier alpha value is -3.07. The molecular weight excluding hydrogens is 460 g/mol.